The van der Waals surface area contributed by atoms with E-state index in [1.165, 1.54) is 16.2 Å². The van der Waals surface area contributed by atoms with Crippen LogP contribution >= 0.6 is 0 Å². The highest BCUT2D eigenvalue weighted by Crippen LogP contribution is 2.38. The Kier molecular flexibility index (Phi) is 8.09. The molecule has 3 amide bonds. The molecule has 0 atom stereocenters. The van der Waals surface area contributed by atoms with Crippen molar-refractivity contribution in [3.05, 3.63) is 66.0 Å². The zero-order chi connectivity index (χ0) is 25.7. The molecule has 2 aliphatic rings. The number of benzene rings is 1. The minimum Gasteiger partial charge on any atom is -0.378 e. The van der Waals surface area contributed by atoms with Gasteiger partial charge in [-0.1, -0.05) is 44.2 Å². The Labute approximate surface area is 215 Å². The monoisotopic (exact) mass is 489 g/mol. The number of likely N-dealkylation sites (tertiary alicyclic amines) is 1. The first-order valence-corrected chi connectivity index (χ1v) is 13.0. The molecule has 1 aromatic heterocycles. The van der Waals surface area contributed by atoms with E-state index in [0.717, 1.165) is 31.6 Å². The predicted molar refractivity (Wildman–Crippen MR) is 145 cm³/mol. The summed E-state index contributed by atoms with van der Waals surface area (Å²) in [5.41, 5.74) is 2.51. The molecule has 4 rings (SSSR count). The van der Waals surface area contributed by atoms with Crippen LogP contribution in [0.15, 0.2) is 54.9 Å². The average molecular weight is 490 g/mol. The molecule has 2 fully saturated rings. The van der Waals surface area contributed by atoms with Gasteiger partial charge in [-0.05, 0) is 54.5 Å². The summed E-state index contributed by atoms with van der Waals surface area (Å²) < 4.78 is 0. The van der Waals surface area contributed by atoms with Gasteiger partial charge in [-0.2, -0.15) is 0 Å². The Morgan fingerprint density at radius 3 is 2.42 bits per heavy atom. The Morgan fingerprint density at radius 1 is 1.08 bits per heavy atom. The van der Waals surface area contributed by atoms with Crippen molar-refractivity contribution >= 4 is 23.7 Å². The molecular formula is C29H39N5O2. The van der Waals surface area contributed by atoms with Crippen LogP contribution in [0.5, 0.6) is 0 Å². The predicted octanol–water partition coefficient (Wildman–Crippen LogP) is 4.51. The molecule has 0 radical (unpaired) electrons. The molecule has 0 unspecified atom stereocenters. The lowest BCUT2D eigenvalue weighted by atomic mass is 9.85. The fourth-order valence-electron chi connectivity index (χ4n) is 5.10. The van der Waals surface area contributed by atoms with Gasteiger partial charge in [-0.15, -0.1) is 0 Å². The van der Waals surface area contributed by atoms with Crippen molar-refractivity contribution in [3.63, 3.8) is 0 Å². The number of carbonyl (C=O) groups is 2. The Hall–Kier alpha value is -3.19. The van der Waals surface area contributed by atoms with E-state index >= 15 is 0 Å². The van der Waals surface area contributed by atoms with Crippen LogP contribution in [0.3, 0.4) is 0 Å². The lowest BCUT2D eigenvalue weighted by Gasteiger charge is -2.42. The maximum Gasteiger partial charge on any atom is 0.327 e. The fourth-order valence-corrected chi connectivity index (χ4v) is 5.10. The highest BCUT2D eigenvalue weighted by atomic mass is 16.2. The van der Waals surface area contributed by atoms with E-state index in [0.29, 0.717) is 25.3 Å². The van der Waals surface area contributed by atoms with Gasteiger partial charge in [-0.3, -0.25) is 19.6 Å². The van der Waals surface area contributed by atoms with E-state index in [4.69, 9.17) is 0 Å². The summed E-state index contributed by atoms with van der Waals surface area (Å²) >= 11 is 0. The van der Waals surface area contributed by atoms with Crippen molar-refractivity contribution in [2.75, 3.05) is 45.2 Å². The van der Waals surface area contributed by atoms with Gasteiger partial charge in [0.15, 0.2) is 0 Å². The first kappa shape index (κ1) is 25.9. The first-order chi connectivity index (χ1) is 17.3. The van der Waals surface area contributed by atoms with Gasteiger partial charge in [-0.25, -0.2) is 4.79 Å². The van der Waals surface area contributed by atoms with Gasteiger partial charge in [0.1, 0.15) is 5.54 Å². The van der Waals surface area contributed by atoms with Crippen LogP contribution in [0.2, 0.25) is 0 Å². The van der Waals surface area contributed by atoms with Crippen LogP contribution in [0.4, 0.5) is 10.5 Å². The van der Waals surface area contributed by atoms with Crippen molar-refractivity contribution < 1.29 is 9.59 Å². The highest BCUT2D eigenvalue weighted by Gasteiger charge is 2.57. The maximum absolute atomic E-state index is 13.7. The molecule has 2 aliphatic heterocycles. The first-order valence-electron chi connectivity index (χ1n) is 13.0. The molecule has 192 valence electrons. The lowest BCUT2D eigenvalue weighted by molar-refractivity contribution is -0.136. The summed E-state index contributed by atoms with van der Waals surface area (Å²) in [7, 11) is 4.08. The van der Waals surface area contributed by atoms with Crippen molar-refractivity contribution in [2.45, 2.75) is 45.2 Å². The Morgan fingerprint density at radius 2 is 1.81 bits per heavy atom. The van der Waals surface area contributed by atoms with Gasteiger partial charge in [0, 0.05) is 58.4 Å². The molecule has 7 heteroatoms. The van der Waals surface area contributed by atoms with Gasteiger partial charge >= 0.3 is 6.03 Å². The van der Waals surface area contributed by atoms with Crippen LogP contribution in [-0.2, 0) is 11.3 Å². The quantitative estimate of drug-likeness (QED) is 0.485. The molecule has 0 N–H and O–H groups in total. The second kappa shape index (κ2) is 11.2. The average Bonchev–Trinajstić information content (AvgIpc) is 3.05. The third-order valence-corrected chi connectivity index (χ3v) is 7.38. The van der Waals surface area contributed by atoms with Crippen LogP contribution in [0, 0.1) is 5.92 Å². The van der Waals surface area contributed by atoms with Gasteiger partial charge in [0.25, 0.3) is 5.91 Å². The van der Waals surface area contributed by atoms with E-state index in [9.17, 15) is 9.59 Å². The molecule has 2 aromatic rings. The maximum atomic E-state index is 13.7. The highest BCUT2D eigenvalue weighted by molar-refractivity contribution is 6.07. The van der Waals surface area contributed by atoms with Gasteiger partial charge in [0.05, 0.1) is 6.54 Å². The number of amides is 3. The van der Waals surface area contributed by atoms with Gasteiger partial charge < -0.3 is 9.80 Å². The second-order valence-corrected chi connectivity index (χ2v) is 10.6. The van der Waals surface area contributed by atoms with Crippen molar-refractivity contribution in [1.29, 1.82) is 0 Å². The zero-order valence-electron chi connectivity index (χ0n) is 22.1. The van der Waals surface area contributed by atoms with E-state index in [1.807, 2.05) is 31.1 Å². The molecular weight excluding hydrogens is 450 g/mol. The molecule has 0 bridgehead atoms. The van der Waals surface area contributed by atoms with Gasteiger partial charge in [0.2, 0.25) is 0 Å². The standard InChI is InChI=1S/C29H39N5O2/c1-23(2)13-18-34-28(36)33(22-25-7-5-16-30-21-25)27(35)29(34)14-19-32(20-15-29)17-6-8-24-9-11-26(12-10-24)31(3)4/h5-12,16,21,23H,13-15,17-20,22H2,1-4H3. The number of aromatic nitrogens is 1. The Bertz CT molecular complexity index is 1060. The SMILES string of the molecule is CC(C)CCN1C(=O)N(Cc2cccnc2)C(=O)C12CCN(CC=Cc1ccc(N(C)C)cc1)CC2. The van der Waals surface area contributed by atoms with E-state index in [-0.39, 0.29) is 18.5 Å². The summed E-state index contributed by atoms with van der Waals surface area (Å²) in [6.45, 7) is 7.64. The molecule has 0 aliphatic carbocycles. The Balaban J connectivity index is 1.42. The summed E-state index contributed by atoms with van der Waals surface area (Å²) in [5.74, 6) is 0.422. The van der Waals surface area contributed by atoms with E-state index in [2.05, 4.69) is 65.0 Å². The molecule has 3 heterocycles. The smallest absolute Gasteiger partial charge is 0.327 e. The zero-order valence-corrected chi connectivity index (χ0v) is 22.1. The number of carbonyl (C=O) groups excluding carboxylic acids is 2. The number of anilines is 1. The number of pyridine rings is 1. The summed E-state index contributed by atoms with van der Waals surface area (Å²) in [4.78, 5) is 39.2. The topological polar surface area (TPSA) is 60.0 Å². The van der Waals surface area contributed by atoms with Crippen LogP contribution < -0.4 is 4.90 Å². The number of urea groups is 1. The lowest BCUT2D eigenvalue weighted by Crippen LogP contribution is -2.56. The third kappa shape index (κ3) is 5.62. The minimum absolute atomic E-state index is 0.0451. The largest absolute Gasteiger partial charge is 0.378 e. The van der Waals surface area contributed by atoms with E-state index < -0.39 is 5.54 Å². The van der Waals surface area contributed by atoms with Crippen LogP contribution in [-0.4, -0.2) is 77.4 Å². The van der Waals surface area contributed by atoms with Crippen molar-refractivity contribution in [3.8, 4) is 0 Å². The van der Waals surface area contributed by atoms with Crippen LogP contribution in [0.1, 0.15) is 44.2 Å². The number of piperidine rings is 1. The molecule has 2 saturated heterocycles. The summed E-state index contributed by atoms with van der Waals surface area (Å²) in [6.07, 6.45) is 10.0. The number of hydrogen-bond donors (Lipinski definition) is 0. The molecule has 7 nitrogen and oxygen atoms in total. The number of nitrogens with zero attached hydrogens (tertiary/aromatic N) is 5. The third-order valence-electron chi connectivity index (χ3n) is 7.38. The normalized spacial score (nSPS) is 18.2. The number of imide groups is 1. The molecule has 0 saturated carbocycles. The van der Waals surface area contributed by atoms with Crippen molar-refractivity contribution in [2.24, 2.45) is 5.92 Å². The number of rotatable bonds is 9. The van der Waals surface area contributed by atoms with Crippen LogP contribution in [0.25, 0.3) is 6.08 Å². The number of hydrogen-bond acceptors (Lipinski definition) is 5. The summed E-state index contributed by atoms with van der Waals surface area (Å²) in [5, 5.41) is 0. The summed E-state index contributed by atoms with van der Waals surface area (Å²) in [6, 6.07) is 12.1. The molecule has 1 spiro atoms. The fraction of sp³-hybridized carbons (Fsp3) is 0.483. The minimum atomic E-state index is -0.726. The van der Waals surface area contributed by atoms with E-state index in [1.54, 1.807) is 12.4 Å². The van der Waals surface area contributed by atoms with Crippen molar-refractivity contribution in [1.82, 2.24) is 19.7 Å². The molecule has 1 aromatic carbocycles. The molecule has 36 heavy (non-hydrogen) atoms. The second-order valence-electron chi connectivity index (χ2n) is 10.6.